The highest BCUT2D eigenvalue weighted by atomic mass is 16.5. The SMILES string of the molecule is CCCCCCCCCCOCCCc1cccc(O)c1O. The maximum absolute atomic E-state index is 9.68. The highest BCUT2D eigenvalue weighted by molar-refractivity contribution is 5.44. The Kier molecular flexibility index (Phi) is 10.6. The van der Waals surface area contributed by atoms with E-state index in [4.69, 9.17) is 4.74 Å². The summed E-state index contributed by atoms with van der Waals surface area (Å²) in [6.45, 7) is 3.80. The maximum atomic E-state index is 9.68. The van der Waals surface area contributed by atoms with Crippen LogP contribution >= 0.6 is 0 Å². The van der Waals surface area contributed by atoms with Crippen LogP contribution in [0.4, 0.5) is 0 Å². The molecule has 3 heteroatoms. The van der Waals surface area contributed by atoms with Crippen molar-refractivity contribution >= 4 is 0 Å². The summed E-state index contributed by atoms with van der Waals surface area (Å²) in [5.41, 5.74) is 0.788. The van der Waals surface area contributed by atoms with E-state index in [1.165, 1.54) is 51.0 Å². The Morgan fingerprint density at radius 1 is 0.818 bits per heavy atom. The molecule has 0 saturated carbocycles. The molecule has 0 unspecified atom stereocenters. The largest absolute Gasteiger partial charge is 0.504 e. The fraction of sp³-hybridized carbons (Fsp3) is 0.684. The second-order valence-electron chi connectivity index (χ2n) is 5.98. The molecule has 0 bridgehead atoms. The van der Waals surface area contributed by atoms with E-state index in [1.54, 1.807) is 6.07 Å². The number of phenols is 2. The predicted molar refractivity (Wildman–Crippen MR) is 91.5 cm³/mol. The van der Waals surface area contributed by atoms with Crippen molar-refractivity contribution in [3.05, 3.63) is 23.8 Å². The molecule has 1 aromatic carbocycles. The van der Waals surface area contributed by atoms with Gasteiger partial charge >= 0.3 is 0 Å². The lowest BCUT2D eigenvalue weighted by molar-refractivity contribution is 0.127. The van der Waals surface area contributed by atoms with E-state index in [0.29, 0.717) is 6.61 Å². The van der Waals surface area contributed by atoms with Crippen LogP contribution in [-0.4, -0.2) is 23.4 Å². The van der Waals surface area contributed by atoms with E-state index in [0.717, 1.165) is 31.4 Å². The van der Waals surface area contributed by atoms with E-state index in [9.17, 15) is 10.2 Å². The topological polar surface area (TPSA) is 49.7 Å². The van der Waals surface area contributed by atoms with Crippen molar-refractivity contribution in [3.63, 3.8) is 0 Å². The molecule has 0 aliphatic rings. The molecule has 0 aliphatic carbocycles. The Balaban J connectivity index is 1.90. The van der Waals surface area contributed by atoms with Crippen LogP contribution in [0.25, 0.3) is 0 Å². The number of benzene rings is 1. The maximum Gasteiger partial charge on any atom is 0.160 e. The van der Waals surface area contributed by atoms with Gasteiger partial charge in [-0.2, -0.15) is 0 Å². The molecule has 0 heterocycles. The number of hydrogen-bond acceptors (Lipinski definition) is 3. The zero-order valence-corrected chi connectivity index (χ0v) is 14.0. The van der Waals surface area contributed by atoms with Crippen LogP contribution in [0.5, 0.6) is 11.5 Å². The van der Waals surface area contributed by atoms with Crippen molar-refractivity contribution in [2.45, 2.75) is 71.1 Å². The summed E-state index contributed by atoms with van der Waals surface area (Å²) >= 11 is 0. The Hall–Kier alpha value is -1.22. The highest BCUT2D eigenvalue weighted by Crippen LogP contribution is 2.28. The van der Waals surface area contributed by atoms with Crippen LogP contribution in [0.2, 0.25) is 0 Å². The zero-order chi connectivity index (χ0) is 16.0. The molecule has 126 valence electrons. The summed E-state index contributed by atoms with van der Waals surface area (Å²) in [5.74, 6) is -0.0390. The smallest absolute Gasteiger partial charge is 0.160 e. The number of hydrogen-bond donors (Lipinski definition) is 2. The minimum absolute atomic E-state index is 0.00516. The van der Waals surface area contributed by atoms with Crippen molar-refractivity contribution in [3.8, 4) is 11.5 Å². The van der Waals surface area contributed by atoms with E-state index >= 15 is 0 Å². The molecule has 0 fully saturated rings. The summed E-state index contributed by atoms with van der Waals surface area (Å²) in [4.78, 5) is 0. The molecule has 0 radical (unpaired) electrons. The van der Waals surface area contributed by atoms with Gasteiger partial charge in [-0.3, -0.25) is 0 Å². The first kappa shape index (κ1) is 18.8. The van der Waals surface area contributed by atoms with Crippen LogP contribution in [0.15, 0.2) is 18.2 Å². The number of rotatable bonds is 13. The third-order valence-electron chi connectivity index (χ3n) is 3.98. The van der Waals surface area contributed by atoms with Crippen LogP contribution in [0.3, 0.4) is 0 Å². The fourth-order valence-electron chi connectivity index (χ4n) is 2.58. The van der Waals surface area contributed by atoms with Gasteiger partial charge in [0.05, 0.1) is 0 Å². The second kappa shape index (κ2) is 12.3. The van der Waals surface area contributed by atoms with Gasteiger partial charge in [0.1, 0.15) is 0 Å². The van der Waals surface area contributed by atoms with Gasteiger partial charge in [0, 0.05) is 13.2 Å². The van der Waals surface area contributed by atoms with Gasteiger partial charge in [0.25, 0.3) is 0 Å². The van der Waals surface area contributed by atoms with Gasteiger partial charge in [-0.1, -0.05) is 64.0 Å². The molecular weight excluding hydrogens is 276 g/mol. The van der Waals surface area contributed by atoms with Gasteiger partial charge in [-0.25, -0.2) is 0 Å². The summed E-state index contributed by atoms with van der Waals surface area (Å²) in [7, 11) is 0. The quantitative estimate of drug-likeness (QED) is 0.389. The molecule has 0 spiro atoms. The second-order valence-corrected chi connectivity index (χ2v) is 5.98. The Bertz CT molecular complexity index is 390. The Morgan fingerprint density at radius 2 is 1.45 bits per heavy atom. The molecule has 0 amide bonds. The van der Waals surface area contributed by atoms with Crippen LogP contribution in [0, 0.1) is 0 Å². The normalized spacial score (nSPS) is 11.0. The summed E-state index contributed by atoms with van der Waals surface area (Å²) in [6.07, 6.45) is 12.1. The molecule has 3 nitrogen and oxygen atoms in total. The van der Waals surface area contributed by atoms with Crippen molar-refractivity contribution in [1.29, 1.82) is 0 Å². The van der Waals surface area contributed by atoms with Gasteiger partial charge in [0.2, 0.25) is 0 Å². The van der Waals surface area contributed by atoms with Crippen molar-refractivity contribution in [1.82, 2.24) is 0 Å². The molecule has 0 aromatic heterocycles. The van der Waals surface area contributed by atoms with E-state index in [-0.39, 0.29) is 11.5 Å². The first-order valence-electron chi connectivity index (χ1n) is 8.83. The third kappa shape index (κ3) is 8.28. The lowest BCUT2D eigenvalue weighted by atomic mass is 10.1. The predicted octanol–water partition coefficient (Wildman–Crippen LogP) is 5.19. The van der Waals surface area contributed by atoms with Gasteiger partial charge < -0.3 is 14.9 Å². The van der Waals surface area contributed by atoms with E-state index in [1.807, 2.05) is 6.07 Å². The summed E-state index contributed by atoms with van der Waals surface area (Å²) in [5, 5.41) is 19.1. The van der Waals surface area contributed by atoms with Crippen molar-refractivity contribution < 1.29 is 14.9 Å². The monoisotopic (exact) mass is 308 g/mol. The lowest BCUT2D eigenvalue weighted by Gasteiger charge is -2.07. The van der Waals surface area contributed by atoms with Gasteiger partial charge in [-0.05, 0) is 30.9 Å². The molecule has 0 atom stereocenters. The lowest BCUT2D eigenvalue weighted by Crippen LogP contribution is -1.99. The molecule has 1 rings (SSSR count). The van der Waals surface area contributed by atoms with E-state index in [2.05, 4.69) is 6.92 Å². The van der Waals surface area contributed by atoms with Crippen LogP contribution in [-0.2, 0) is 11.2 Å². The highest BCUT2D eigenvalue weighted by Gasteiger charge is 2.04. The molecule has 22 heavy (non-hydrogen) atoms. The molecule has 2 N–H and O–H groups in total. The minimum Gasteiger partial charge on any atom is -0.504 e. The number of aromatic hydroxyl groups is 2. The molecule has 1 aromatic rings. The van der Waals surface area contributed by atoms with Crippen LogP contribution < -0.4 is 0 Å². The first-order chi connectivity index (χ1) is 10.8. The zero-order valence-electron chi connectivity index (χ0n) is 14.0. The Morgan fingerprint density at radius 3 is 2.18 bits per heavy atom. The fourth-order valence-corrected chi connectivity index (χ4v) is 2.58. The van der Waals surface area contributed by atoms with Crippen molar-refractivity contribution in [2.75, 3.05) is 13.2 Å². The molecule has 0 saturated heterocycles. The summed E-state index contributed by atoms with van der Waals surface area (Å²) < 4.78 is 5.63. The van der Waals surface area contributed by atoms with Crippen LogP contribution in [0.1, 0.15) is 70.3 Å². The standard InChI is InChI=1S/C19H32O3/c1-2-3-4-5-6-7-8-9-15-22-16-11-13-17-12-10-14-18(20)19(17)21/h10,12,14,20-21H,2-9,11,13,15-16H2,1H3. The third-order valence-corrected chi connectivity index (χ3v) is 3.98. The molecule has 0 aliphatic heterocycles. The first-order valence-corrected chi connectivity index (χ1v) is 8.83. The average Bonchev–Trinajstić information content (AvgIpc) is 2.52. The van der Waals surface area contributed by atoms with Gasteiger partial charge in [-0.15, -0.1) is 0 Å². The average molecular weight is 308 g/mol. The number of phenolic OH excluding ortho intramolecular Hbond substituents is 2. The van der Waals surface area contributed by atoms with E-state index < -0.39 is 0 Å². The number of aryl methyl sites for hydroxylation is 1. The minimum atomic E-state index is -0.0441. The summed E-state index contributed by atoms with van der Waals surface area (Å²) in [6, 6.07) is 5.09. The Labute approximate surface area is 135 Å². The number of ether oxygens (including phenoxy) is 1. The van der Waals surface area contributed by atoms with Crippen molar-refractivity contribution in [2.24, 2.45) is 0 Å². The van der Waals surface area contributed by atoms with Gasteiger partial charge in [0.15, 0.2) is 11.5 Å². The number of para-hydroxylation sites is 1. The number of unbranched alkanes of at least 4 members (excludes halogenated alkanes) is 7. The molecular formula is C19H32O3.